The summed E-state index contributed by atoms with van der Waals surface area (Å²) in [6, 6.07) is 14.8. The van der Waals surface area contributed by atoms with Gasteiger partial charge in [0.25, 0.3) is 0 Å². The molecule has 3 aromatic rings. The molecule has 2 heterocycles. The minimum Gasteiger partial charge on any atom is -0.469 e. The second-order valence-electron chi connectivity index (χ2n) is 5.49. The number of furan rings is 1. The van der Waals surface area contributed by atoms with Gasteiger partial charge in [0.05, 0.1) is 17.5 Å². The predicted octanol–water partition coefficient (Wildman–Crippen LogP) is 4.57. The molecule has 1 unspecified atom stereocenters. The molecule has 0 saturated heterocycles. The summed E-state index contributed by atoms with van der Waals surface area (Å²) in [5.74, 6) is 1.04. The molecule has 1 atom stereocenters. The highest BCUT2D eigenvalue weighted by Gasteiger charge is 2.07. The lowest BCUT2D eigenvalue weighted by atomic mass is 10.1. The van der Waals surface area contributed by atoms with Crippen LogP contribution in [-0.4, -0.2) is 11.0 Å². The largest absolute Gasteiger partial charge is 0.469 e. The highest BCUT2D eigenvalue weighted by atomic mass is 16.3. The molecule has 0 amide bonds. The number of anilines is 1. The van der Waals surface area contributed by atoms with Crippen LogP contribution in [0.1, 0.15) is 24.8 Å². The van der Waals surface area contributed by atoms with Gasteiger partial charge in [0.1, 0.15) is 5.76 Å². The Morgan fingerprint density at radius 1 is 1.14 bits per heavy atom. The van der Waals surface area contributed by atoms with Crippen LogP contribution in [0.3, 0.4) is 0 Å². The second-order valence-corrected chi connectivity index (χ2v) is 5.49. The van der Waals surface area contributed by atoms with Crippen LogP contribution in [0.5, 0.6) is 0 Å². The summed E-state index contributed by atoms with van der Waals surface area (Å²) in [5, 5.41) is 4.74. The second kappa shape index (κ2) is 6.00. The number of aryl methyl sites for hydroxylation is 2. The van der Waals surface area contributed by atoms with Gasteiger partial charge in [-0.15, -0.1) is 0 Å². The number of fused-ring (bicyclic) bond motifs is 1. The molecule has 3 rings (SSSR count). The molecule has 0 saturated carbocycles. The molecule has 0 aliphatic rings. The lowest BCUT2D eigenvalue weighted by Gasteiger charge is -2.16. The zero-order valence-electron chi connectivity index (χ0n) is 12.5. The molecule has 0 spiro atoms. The van der Waals surface area contributed by atoms with E-state index in [1.807, 2.05) is 25.1 Å². The maximum atomic E-state index is 5.38. The van der Waals surface area contributed by atoms with Crippen molar-refractivity contribution in [2.75, 3.05) is 5.32 Å². The Morgan fingerprint density at radius 3 is 2.86 bits per heavy atom. The van der Waals surface area contributed by atoms with Gasteiger partial charge < -0.3 is 9.73 Å². The van der Waals surface area contributed by atoms with Gasteiger partial charge in [-0.1, -0.05) is 18.2 Å². The molecular weight excluding hydrogens is 260 g/mol. The minimum atomic E-state index is 0.364. The zero-order chi connectivity index (χ0) is 14.7. The van der Waals surface area contributed by atoms with E-state index in [4.69, 9.17) is 4.42 Å². The monoisotopic (exact) mass is 280 g/mol. The molecule has 3 heteroatoms. The number of nitrogens with one attached hydrogen (secondary N) is 1. The summed E-state index contributed by atoms with van der Waals surface area (Å²) in [5.41, 5.74) is 3.19. The van der Waals surface area contributed by atoms with Gasteiger partial charge in [-0.3, -0.25) is 4.98 Å². The third-order valence-electron chi connectivity index (χ3n) is 3.67. The van der Waals surface area contributed by atoms with Gasteiger partial charge in [0, 0.05) is 23.5 Å². The molecule has 0 bridgehead atoms. The van der Waals surface area contributed by atoms with Crippen LogP contribution >= 0.6 is 0 Å². The molecule has 2 aromatic heterocycles. The highest BCUT2D eigenvalue weighted by Crippen LogP contribution is 2.23. The van der Waals surface area contributed by atoms with Gasteiger partial charge in [-0.2, -0.15) is 0 Å². The van der Waals surface area contributed by atoms with E-state index in [2.05, 4.69) is 41.5 Å². The summed E-state index contributed by atoms with van der Waals surface area (Å²) in [4.78, 5) is 4.66. The normalized spacial score (nSPS) is 12.5. The number of aromatic nitrogens is 1. The fourth-order valence-corrected chi connectivity index (χ4v) is 2.51. The molecular formula is C18H20N2O. The third kappa shape index (κ3) is 3.24. The van der Waals surface area contributed by atoms with E-state index in [1.54, 1.807) is 6.26 Å². The first-order valence-corrected chi connectivity index (χ1v) is 7.37. The Labute approximate surface area is 125 Å². The van der Waals surface area contributed by atoms with Crippen LogP contribution in [0, 0.1) is 6.92 Å². The lowest BCUT2D eigenvalue weighted by Crippen LogP contribution is -2.16. The van der Waals surface area contributed by atoms with Crippen LogP contribution in [-0.2, 0) is 6.42 Å². The Balaban J connectivity index is 1.73. The van der Waals surface area contributed by atoms with Crippen molar-refractivity contribution in [1.82, 2.24) is 4.98 Å². The van der Waals surface area contributed by atoms with Crippen molar-refractivity contribution in [2.24, 2.45) is 0 Å². The highest BCUT2D eigenvalue weighted by molar-refractivity contribution is 5.90. The molecule has 3 nitrogen and oxygen atoms in total. The first kappa shape index (κ1) is 13.7. The van der Waals surface area contributed by atoms with Crippen LogP contribution in [0.4, 0.5) is 5.69 Å². The number of hydrogen-bond donors (Lipinski definition) is 1. The number of pyridine rings is 1. The predicted molar refractivity (Wildman–Crippen MR) is 86.6 cm³/mol. The molecule has 0 radical (unpaired) electrons. The zero-order valence-corrected chi connectivity index (χ0v) is 12.5. The van der Waals surface area contributed by atoms with Gasteiger partial charge >= 0.3 is 0 Å². The maximum absolute atomic E-state index is 5.38. The van der Waals surface area contributed by atoms with Gasteiger partial charge in [-0.05, 0) is 44.5 Å². The van der Waals surface area contributed by atoms with E-state index in [9.17, 15) is 0 Å². The van der Waals surface area contributed by atoms with Crippen molar-refractivity contribution >= 4 is 16.6 Å². The van der Waals surface area contributed by atoms with Crippen LogP contribution in [0.15, 0.2) is 53.1 Å². The first-order chi connectivity index (χ1) is 10.2. The van der Waals surface area contributed by atoms with Crippen molar-refractivity contribution in [1.29, 1.82) is 0 Å². The molecule has 0 fully saturated rings. The van der Waals surface area contributed by atoms with Crippen LogP contribution < -0.4 is 5.32 Å². The van der Waals surface area contributed by atoms with Gasteiger partial charge in [-0.25, -0.2) is 0 Å². The summed E-state index contributed by atoms with van der Waals surface area (Å²) in [7, 11) is 0. The number of rotatable bonds is 5. The topological polar surface area (TPSA) is 38.1 Å². The van der Waals surface area contributed by atoms with Crippen molar-refractivity contribution in [3.8, 4) is 0 Å². The Kier molecular flexibility index (Phi) is 3.91. The molecule has 0 aliphatic carbocycles. The maximum Gasteiger partial charge on any atom is 0.103 e. The Bertz CT molecular complexity index is 719. The molecule has 1 N–H and O–H groups in total. The van der Waals surface area contributed by atoms with E-state index >= 15 is 0 Å². The number of hydrogen-bond acceptors (Lipinski definition) is 3. The SMILES string of the molecule is Cc1ccc2cccc(NC(C)CCc3ccco3)c2n1. The van der Waals surface area contributed by atoms with Gasteiger partial charge in [0.2, 0.25) is 0 Å². The van der Waals surface area contributed by atoms with Crippen LogP contribution in [0.2, 0.25) is 0 Å². The fourth-order valence-electron chi connectivity index (χ4n) is 2.51. The minimum absolute atomic E-state index is 0.364. The summed E-state index contributed by atoms with van der Waals surface area (Å²) in [6.07, 6.45) is 3.69. The van der Waals surface area contributed by atoms with E-state index in [0.717, 1.165) is 35.5 Å². The quantitative estimate of drug-likeness (QED) is 0.744. The van der Waals surface area contributed by atoms with E-state index < -0.39 is 0 Å². The molecule has 21 heavy (non-hydrogen) atoms. The summed E-state index contributed by atoms with van der Waals surface area (Å²) < 4.78 is 5.38. The summed E-state index contributed by atoms with van der Waals surface area (Å²) >= 11 is 0. The lowest BCUT2D eigenvalue weighted by molar-refractivity contribution is 0.495. The van der Waals surface area contributed by atoms with Crippen molar-refractivity contribution in [2.45, 2.75) is 32.7 Å². The average Bonchev–Trinajstić information content (AvgIpc) is 2.99. The third-order valence-corrected chi connectivity index (χ3v) is 3.67. The van der Waals surface area contributed by atoms with Crippen molar-refractivity contribution in [3.63, 3.8) is 0 Å². The molecule has 0 aliphatic heterocycles. The van der Waals surface area contributed by atoms with E-state index in [-0.39, 0.29) is 0 Å². The number of nitrogens with zero attached hydrogens (tertiary/aromatic N) is 1. The Morgan fingerprint density at radius 2 is 2.05 bits per heavy atom. The van der Waals surface area contributed by atoms with E-state index in [0.29, 0.717) is 6.04 Å². The molecule has 1 aromatic carbocycles. The number of benzene rings is 1. The first-order valence-electron chi connectivity index (χ1n) is 7.37. The fraction of sp³-hybridized carbons (Fsp3) is 0.278. The van der Waals surface area contributed by atoms with E-state index in [1.165, 1.54) is 5.39 Å². The standard InChI is InChI=1S/C18H20N2O/c1-13(9-11-16-6-4-12-21-16)19-17-7-3-5-15-10-8-14(2)20-18(15)17/h3-8,10,12-13,19H,9,11H2,1-2H3. The molecule has 108 valence electrons. The number of para-hydroxylation sites is 1. The average molecular weight is 280 g/mol. The van der Waals surface area contributed by atoms with Gasteiger partial charge in [0.15, 0.2) is 0 Å². The Hall–Kier alpha value is -2.29. The van der Waals surface area contributed by atoms with Crippen molar-refractivity contribution in [3.05, 3.63) is 60.2 Å². The summed E-state index contributed by atoms with van der Waals surface area (Å²) in [6.45, 7) is 4.22. The smallest absolute Gasteiger partial charge is 0.103 e. The van der Waals surface area contributed by atoms with Crippen LogP contribution in [0.25, 0.3) is 10.9 Å². The van der Waals surface area contributed by atoms with Crippen molar-refractivity contribution < 1.29 is 4.42 Å².